The number of aromatic nitrogens is 3. The van der Waals surface area contributed by atoms with Gasteiger partial charge in [-0.2, -0.15) is 13.2 Å². The molecule has 2 N–H and O–H groups in total. The number of carbonyl (C=O) groups is 2. The summed E-state index contributed by atoms with van der Waals surface area (Å²) in [6.45, 7) is -0.269. The van der Waals surface area contributed by atoms with E-state index in [2.05, 4.69) is 36.2 Å². The average Bonchev–Trinajstić information content (AvgIpc) is 3.09. The average molecular weight is 486 g/mol. The number of pyridine rings is 1. The second kappa shape index (κ2) is 7.70. The fourth-order valence-electron chi connectivity index (χ4n) is 3.39. The number of anilines is 3. The summed E-state index contributed by atoms with van der Waals surface area (Å²) in [5.41, 5.74) is 0.536. The lowest BCUT2D eigenvalue weighted by Crippen LogP contribution is -2.48. The Morgan fingerprint density at radius 3 is 2.83 bits per heavy atom. The molecule has 0 saturated carbocycles. The Balaban J connectivity index is 1.62. The van der Waals surface area contributed by atoms with Crippen LogP contribution >= 0.6 is 15.9 Å². The first-order chi connectivity index (χ1) is 14.2. The molecule has 30 heavy (non-hydrogen) atoms. The van der Waals surface area contributed by atoms with Crippen molar-refractivity contribution in [1.82, 2.24) is 20.3 Å². The first-order valence-corrected chi connectivity index (χ1v) is 9.69. The predicted molar refractivity (Wildman–Crippen MR) is 104 cm³/mol. The normalized spacial score (nSPS) is 17.5. The minimum Gasteiger partial charge on any atom is -0.365 e. The molecule has 4 rings (SSSR count). The summed E-state index contributed by atoms with van der Waals surface area (Å²) in [7, 11) is 0. The van der Waals surface area contributed by atoms with Crippen LogP contribution in [-0.4, -0.2) is 58.7 Å². The Morgan fingerprint density at radius 2 is 2.10 bits per heavy atom. The van der Waals surface area contributed by atoms with Crippen molar-refractivity contribution in [1.29, 1.82) is 0 Å². The molecular weight excluding hydrogens is 471 g/mol. The molecule has 9 nitrogen and oxygen atoms in total. The van der Waals surface area contributed by atoms with Gasteiger partial charge < -0.3 is 10.2 Å². The highest BCUT2D eigenvalue weighted by molar-refractivity contribution is 9.10. The van der Waals surface area contributed by atoms with Crippen molar-refractivity contribution >= 4 is 45.2 Å². The van der Waals surface area contributed by atoms with Crippen molar-refractivity contribution in [2.75, 3.05) is 34.8 Å². The van der Waals surface area contributed by atoms with Crippen LogP contribution in [0.5, 0.6) is 0 Å². The van der Waals surface area contributed by atoms with Gasteiger partial charge in [0.1, 0.15) is 12.4 Å². The maximum Gasteiger partial charge on any atom is 0.405 e. The van der Waals surface area contributed by atoms with Gasteiger partial charge in [0.15, 0.2) is 5.82 Å². The van der Waals surface area contributed by atoms with Gasteiger partial charge in [-0.25, -0.2) is 19.7 Å². The zero-order chi connectivity index (χ0) is 21.5. The molecule has 0 aliphatic carbocycles. The summed E-state index contributed by atoms with van der Waals surface area (Å²) >= 11 is 3.30. The second-order valence-corrected chi connectivity index (χ2v) is 7.66. The first kappa shape index (κ1) is 20.3. The number of fused-ring (bicyclic) bond motifs is 4. The number of amides is 3. The Hall–Kier alpha value is -2.96. The molecule has 2 aromatic heterocycles. The molecule has 1 fully saturated rings. The van der Waals surface area contributed by atoms with Crippen molar-refractivity contribution in [2.45, 2.75) is 18.6 Å². The Labute approximate surface area is 176 Å². The molecule has 2 bridgehead atoms. The molecule has 0 radical (unpaired) electrons. The molecule has 3 amide bonds. The van der Waals surface area contributed by atoms with E-state index in [1.165, 1.54) is 17.3 Å². The molecule has 4 heterocycles. The number of hydrogen-bond acceptors (Lipinski definition) is 6. The van der Waals surface area contributed by atoms with Crippen LogP contribution in [-0.2, 0) is 0 Å². The predicted octanol–water partition coefficient (Wildman–Crippen LogP) is 2.56. The minimum absolute atomic E-state index is 0.170. The van der Waals surface area contributed by atoms with Gasteiger partial charge >= 0.3 is 12.2 Å². The number of rotatable bonds is 3. The number of nitrogens with one attached hydrogen (secondary N) is 2. The smallest absolute Gasteiger partial charge is 0.365 e. The SMILES string of the molecule is O=C(NCC(F)(F)F)c1ncc2c(n1)N(C(=O)Nc1cc(Br)ccn1)[C@H]1CCN2C1. The van der Waals surface area contributed by atoms with Crippen molar-refractivity contribution in [3.05, 3.63) is 34.8 Å². The van der Waals surface area contributed by atoms with Gasteiger partial charge in [0, 0.05) is 23.8 Å². The van der Waals surface area contributed by atoms with E-state index in [1.54, 1.807) is 17.4 Å². The Bertz CT molecular complexity index is 1000. The molecule has 0 aromatic carbocycles. The van der Waals surface area contributed by atoms with Crippen LogP contribution in [0.1, 0.15) is 17.0 Å². The van der Waals surface area contributed by atoms with Crippen LogP contribution < -0.4 is 20.4 Å². The van der Waals surface area contributed by atoms with Crippen LogP contribution in [0, 0.1) is 0 Å². The zero-order valence-electron chi connectivity index (χ0n) is 15.3. The highest BCUT2D eigenvalue weighted by Crippen LogP contribution is 2.38. The summed E-state index contributed by atoms with van der Waals surface area (Å²) in [6.07, 6.45) is -1.01. The topological polar surface area (TPSA) is 103 Å². The van der Waals surface area contributed by atoms with E-state index in [0.717, 1.165) is 4.47 Å². The highest BCUT2D eigenvalue weighted by Gasteiger charge is 2.41. The number of carbonyl (C=O) groups excluding carboxylic acids is 2. The van der Waals surface area contributed by atoms with E-state index in [4.69, 9.17) is 0 Å². The van der Waals surface area contributed by atoms with Gasteiger partial charge in [-0.1, -0.05) is 15.9 Å². The van der Waals surface area contributed by atoms with E-state index in [9.17, 15) is 22.8 Å². The molecule has 2 aromatic rings. The van der Waals surface area contributed by atoms with Crippen LogP contribution in [0.2, 0.25) is 0 Å². The minimum atomic E-state index is -4.56. The Kier molecular flexibility index (Phi) is 5.22. The second-order valence-electron chi connectivity index (χ2n) is 6.75. The number of nitrogens with zero attached hydrogens (tertiary/aromatic N) is 5. The summed E-state index contributed by atoms with van der Waals surface area (Å²) < 4.78 is 37.9. The molecule has 158 valence electrons. The lowest BCUT2D eigenvalue weighted by molar-refractivity contribution is -0.123. The summed E-state index contributed by atoms with van der Waals surface area (Å²) in [5.74, 6) is -1.03. The highest BCUT2D eigenvalue weighted by atomic mass is 79.9. The lowest BCUT2D eigenvalue weighted by Gasteiger charge is -2.35. The number of alkyl halides is 3. The summed E-state index contributed by atoms with van der Waals surface area (Å²) in [4.78, 5) is 40.5. The zero-order valence-corrected chi connectivity index (χ0v) is 16.9. The monoisotopic (exact) mass is 485 g/mol. The molecular formula is C17H15BrF3N7O2. The molecule has 13 heteroatoms. The van der Waals surface area contributed by atoms with E-state index < -0.39 is 30.5 Å². The van der Waals surface area contributed by atoms with Crippen LogP contribution in [0.3, 0.4) is 0 Å². The summed E-state index contributed by atoms with van der Waals surface area (Å²) in [5, 5.41) is 4.42. The third-order valence-electron chi connectivity index (χ3n) is 4.68. The maximum atomic E-state index is 13.0. The molecule has 0 spiro atoms. The van der Waals surface area contributed by atoms with Crippen molar-refractivity contribution in [3.63, 3.8) is 0 Å². The van der Waals surface area contributed by atoms with Gasteiger partial charge in [0.05, 0.1) is 17.9 Å². The van der Waals surface area contributed by atoms with Gasteiger partial charge in [0.2, 0.25) is 5.82 Å². The van der Waals surface area contributed by atoms with Crippen molar-refractivity contribution < 1.29 is 22.8 Å². The van der Waals surface area contributed by atoms with Gasteiger partial charge in [-0.05, 0) is 18.6 Å². The van der Waals surface area contributed by atoms with Gasteiger partial charge in [-0.15, -0.1) is 0 Å². The van der Waals surface area contributed by atoms with E-state index >= 15 is 0 Å². The third-order valence-corrected chi connectivity index (χ3v) is 5.17. The number of halogens is 4. The van der Waals surface area contributed by atoms with Crippen LogP contribution in [0.25, 0.3) is 0 Å². The van der Waals surface area contributed by atoms with Gasteiger partial charge in [0.25, 0.3) is 5.91 Å². The van der Waals surface area contributed by atoms with Crippen LogP contribution in [0.4, 0.5) is 35.3 Å². The molecule has 2 aliphatic rings. The van der Waals surface area contributed by atoms with Crippen LogP contribution in [0.15, 0.2) is 29.0 Å². The molecule has 0 unspecified atom stereocenters. The molecule has 1 saturated heterocycles. The van der Waals surface area contributed by atoms with E-state index in [0.29, 0.717) is 31.0 Å². The number of urea groups is 1. The number of hydrogen-bond donors (Lipinski definition) is 2. The standard InChI is InChI=1S/C17H15BrF3N7O2/c18-9-1-3-22-12(5-9)25-16(30)28-10-2-4-27(7-10)11-6-23-13(26-14(11)28)15(29)24-8-17(19,20)21/h1,3,5-6,10H,2,4,7-8H2,(H,24,29)(H,22,25,30)/t10-/m0/s1. The third kappa shape index (κ3) is 4.15. The molecule has 2 aliphatic heterocycles. The quantitative estimate of drug-likeness (QED) is 0.692. The van der Waals surface area contributed by atoms with E-state index in [-0.39, 0.29) is 11.9 Å². The first-order valence-electron chi connectivity index (χ1n) is 8.90. The molecule has 1 atom stereocenters. The lowest BCUT2D eigenvalue weighted by atomic mass is 10.2. The van der Waals surface area contributed by atoms with Crippen molar-refractivity contribution in [2.24, 2.45) is 0 Å². The summed E-state index contributed by atoms with van der Waals surface area (Å²) in [6, 6.07) is 2.62. The maximum absolute atomic E-state index is 13.0. The van der Waals surface area contributed by atoms with Crippen molar-refractivity contribution in [3.8, 4) is 0 Å². The fraction of sp³-hybridized carbons (Fsp3) is 0.353. The largest absolute Gasteiger partial charge is 0.405 e. The van der Waals surface area contributed by atoms with Gasteiger partial charge in [-0.3, -0.25) is 15.0 Å². The fourth-order valence-corrected chi connectivity index (χ4v) is 3.72. The Morgan fingerprint density at radius 1 is 1.30 bits per heavy atom. The van der Waals surface area contributed by atoms with E-state index in [1.807, 2.05) is 4.90 Å².